The maximum absolute atomic E-state index is 15.1. The number of nitrogens with zero attached hydrogens (tertiary/aromatic N) is 2. The van der Waals surface area contributed by atoms with Crippen LogP contribution in [-0.2, 0) is 25.2 Å². The molecule has 2 heterocycles. The van der Waals surface area contributed by atoms with Crippen LogP contribution in [-0.4, -0.2) is 54.0 Å². The van der Waals surface area contributed by atoms with Gasteiger partial charge in [-0.05, 0) is 89.5 Å². The Balaban J connectivity index is 1.64. The maximum Gasteiger partial charge on any atom is 0.227 e. The van der Waals surface area contributed by atoms with E-state index in [-0.39, 0.29) is 52.3 Å². The highest BCUT2D eigenvalue weighted by atomic mass is 16.3. The van der Waals surface area contributed by atoms with Crippen molar-refractivity contribution in [1.82, 2.24) is 4.58 Å². The molecule has 0 radical (unpaired) electrons. The van der Waals surface area contributed by atoms with E-state index in [0.29, 0.717) is 27.7 Å². The number of ketones is 1. The zero-order chi connectivity index (χ0) is 48.3. The van der Waals surface area contributed by atoms with Crippen LogP contribution < -0.4 is 30.7 Å². The Morgan fingerprint density at radius 2 is 1.20 bits per heavy atom. The van der Waals surface area contributed by atoms with E-state index in [1.165, 1.54) is 64.2 Å². The Labute approximate surface area is 401 Å². The molecule has 2 aromatic carbocycles. The van der Waals surface area contributed by atoms with Crippen molar-refractivity contribution >= 4 is 40.2 Å². The molecule has 2 aromatic rings. The molecule has 1 saturated carbocycles. The molecule has 3 aliphatic rings. The number of fused-ring (bicyclic) bond motifs is 2. The van der Waals surface area contributed by atoms with Gasteiger partial charge in [0.1, 0.15) is 6.54 Å². The predicted molar refractivity (Wildman–Crippen MR) is 278 cm³/mol. The van der Waals surface area contributed by atoms with Crippen LogP contribution in [0.4, 0.5) is 17.1 Å². The highest BCUT2D eigenvalue weighted by Crippen LogP contribution is 2.51. The zero-order valence-electron chi connectivity index (χ0n) is 43.9. The van der Waals surface area contributed by atoms with Gasteiger partial charge in [-0.1, -0.05) is 145 Å². The number of hydrogen-bond acceptors (Lipinski definition) is 5. The summed E-state index contributed by atoms with van der Waals surface area (Å²) in [7, 11) is 0. The molecule has 1 fully saturated rings. The fourth-order valence-electron chi connectivity index (χ4n) is 11.3. The number of unbranched alkanes of at least 4 members (excludes halogenated alkanes) is 12. The van der Waals surface area contributed by atoms with Gasteiger partial charge in [-0.15, -0.1) is 0 Å². The van der Waals surface area contributed by atoms with Crippen molar-refractivity contribution in [2.75, 3.05) is 28.6 Å². The molecule has 2 aliphatic heterocycles. The first-order valence-corrected chi connectivity index (χ1v) is 27.2. The summed E-state index contributed by atoms with van der Waals surface area (Å²) in [6, 6.07) is 8.93. The lowest BCUT2D eigenvalue weighted by Gasteiger charge is -2.37. The molecular weight excluding hydrogens is 817 g/mol. The van der Waals surface area contributed by atoms with Crippen LogP contribution in [0.25, 0.3) is 5.57 Å². The molecule has 1 aliphatic carbocycles. The highest BCUT2D eigenvalue weighted by Gasteiger charge is 2.51. The Morgan fingerprint density at radius 1 is 0.667 bits per heavy atom. The van der Waals surface area contributed by atoms with Gasteiger partial charge in [-0.3, -0.25) is 14.4 Å². The third-order valence-electron chi connectivity index (χ3n) is 16.7. The summed E-state index contributed by atoms with van der Waals surface area (Å²) in [6.45, 7) is 28.6. The molecule has 8 heteroatoms. The van der Waals surface area contributed by atoms with Gasteiger partial charge in [0.05, 0.1) is 23.1 Å². The summed E-state index contributed by atoms with van der Waals surface area (Å²) < 4.78 is 2.51. The Bertz CT molecular complexity index is 2100. The van der Waals surface area contributed by atoms with E-state index in [1.54, 1.807) is 0 Å². The zero-order valence-corrected chi connectivity index (χ0v) is 43.9. The van der Waals surface area contributed by atoms with E-state index in [2.05, 4.69) is 127 Å². The summed E-state index contributed by atoms with van der Waals surface area (Å²) in [5.41, 5.74) is 5.25. The summed E-state index contributed by atoms with van der Waals surface area (Å²) in [5, 5.41) is 21.0. The number of anilines is 3. The minimum absolute atomic E-state index is 0.0237. The van der Waals surface area contributed by atoms with Gasteiger partial charge in [0.2, 0.25) is 17.2 Å². The number of benzene rings is 2. The second kappa shape index (κ2) is 24.2. The molecule has 6 atom stereocenters. The Morgan fingerprint density at radius 3 is 1.74 bits per heavy atom. The molecule has 368 valence electrons. The van der Waals surface area contributed by atoms with Crippen molar-refractivity contribution in [2.45, 2.75) is 246 Å². The number of Topliss-reactive ketones (excluding diaryl/α,β-unsaturated/α-hetero) is 1. The summed E-state index contributed by atoms with van der Waals surface area (Å²) in [6.07, 6.45) is 20.6. The molecule has 0 aromatic heterocycles. The van der Waals surface area contributed by atoms with E-state index in [4.69, 9.17) is 0 Å². The van der Waals surface area contributed by atoms with Crippen LogP contribution >= 0.6 is 0 Å². The quantitative estimate of drug-likeness (QED) is 0.0612. The molecular formula is C58H93N4O4+. The lowest BCUT2D eigenvalue weighted by molar-refractivity contribution is -0.122. The van der Waals surface area contributed by atoms with Gasteiger partial charge in [-0.2, -0.15) is 0 Å². The molecule has 0 spiro atoms. The summed E-state index contributed by atoms with van der Waals surface area (Å²) in [4.78, 5) is 46.0. The molecule has 0 saturated heterocycles. The standard InChI is InChI=1S/C58H92N4O4/c1-13-19-23-25-27-29-33-61-39(7)57(9,10)45-35-43(47(37-49(45)61)59-55(65)41(17-5)31-21-15-3)51-53(63)52(54(51)64)44-36-46-50(38-48(44)60-56(66)42(18-6)32-22-16-4)62(40(8)58(46,11)12)34-30-28-26-24-20-14-2/h35-42,51,53,63H,13-34H2,1-12H3,(H,59,65)/p+1. The van der Waals surface area contributed by atoms with Crippen LogP contribution in [0.5, 0.6) is 0 Å². The van der Waals surface area contributed by atoms with Gasteiger partial charge in [-0.25, -0.2) is 4.58 Å². The average Bonchev–Trinajstić information content (AvgIpc) is 3.58. The number of rotatable bonds is 27. The number of aliphatic hydroxyl groups excluding tert-OH is 1. The first-order chi connectivity index (χ1) is 31.5. The molecule has 0 bridgehead atoms. The van der Waals surface area contributed by atoms with Crippen molar-refractivity contribution < 1.29 is 19.5 Å². The third kappa shape index (κ3) is 11.5. The van der Waals surface area contributed by atoms with Crippen LogP contribution in [0.1, 0.15) is 234 Å². The van der Waals surface area contributed by atoms with Crippen molar-refractivity contribution in [2.24, 2.45) is 11.8 Å². The third-order valence-corrected chi connectivity index (χ3v) is 16.7. The minimum Gasteiger partial charge on any atom is -0.387 e. The second-order valence-electron chi connectivity index (χ2n) is 21.8. The van der Waals surface area contributed by atoms with Crippen molar-refractivity contribution in [1.29, 1.82) is 0 Å². The van der Waals surface area contributed by atoms with Gasteiger partial charge in [0, 0.05) is 70.1 Å². The van der Waals surface area contributed by atoms with Crippen LogP contribution in [0.2, 0.25) is 0 Å². The normalized spacial score (nSPS) is 22.2. The fourth-order valence-corrected chi connectivity index (χ4v) is 11.3. The number of aliphatic hydroxyl groups is 1. The SMILES string of the molecule is CCCCCCCCN1c2cc(NC(=O)C(CC)CCCC)c(C3C(=O)C(=c4cc5c(cc4NC(=O)C(CC)CCCC)=[N+](CCCCCCCC)C(C)C5(C)C)C3O)cc2C(C)(C)C1C. The van der Waals surface area contributed by atoms with Crippen molar-refractivity contribution in [3.63, 3.8) is 0 Å². The number of amides is 2. The fraction of sp³-hybridized carbons (Fsp3) is 0.724. The predicted octanol–water partition coefficient (Wildman–Crippen LogP) is 12.3. The van der Waals surface area contributed by atoms with Gasteiger partial charge in [0.15, 0.2) is 11.8 Å². The topological polar surface area (TPSA) is 102 Å². The lowest BCUT2D eigenvalue weighted by Crippen LogP contribution is -2.47. The van der Waals surface area contributed by atoms with E-state index in [1.807, 2.05) is 0 Å². The molecule has 5 rings (SSSR count). The Hall–Kier alpha value is -3.52. The number of nitrogens with one attached hydrogen (secondary N) is 2. The lowest BCUT2D eigenvalue weighted by atomic mass is 9.68. The first kappa shape index (κ1) is 53.4. The largest absolute Gasteiger partial charge is 0.387 e. The van der Waals surface area contributed by atoms with Crippen LogP contribution in [0.15, 0.2) is 24.3 Å². The molecule has 8 nitrogen and oxygen atoms in total. The van der Waals surface area contributed by atoms with Crippen molar-refractivity contribution in [3.8, 4) is 0 Å². The molecule has 66 heavy (non-hydrogen) atoms. The van der Waals surface area contributed by atoms with E-state index >= 15 is 4.79 Å². The molecule has 3 N–H and O–H groups in total. The van der Waals surface area contributed by atoms with E-state index in [0.717, 1.165) is 99.5 Å². The minimum atomic E-state index is -1.12. The summed E-state index contributed by atoms with van der Waals surface area (Å²) >= 11 is 0. The van der Waals surface area contributed by atoms with E-state index in [9.17, 15) is 14.7 Å². The van der Waals surface area contributed by atoms with E-state index < -0.39 is 12.0 Å². The Kier molecular flexibility index (Phi) is 19.6. The van der Waals surface area contributed by atoms with Crippen LogP contribution in [0.3, 0.4) is 0 Å². The molecule has 6 unspecified atom stereocenters. The number of carbonyl (C=O) groups is 3. The first-order valence-electron chi connectivity index (χ1n) is 27.2. The second-order valence-corrected chi connectivity index (χ2v) is 21.8. The monoisotopic (exact) mass is 910 g/mol. The highest BCUT2D eigenvalue weighted by molar-refractivity contribution is 6.28. The van der Waals surface area contributed by atoms with Gasteiger partial charge in [0.25, 0.3) is 0 Å². The average molecular weight is 910 g/mol. The number of carbonyl (C=O) groups excluding carboxylic acids is 3. The van der Waals surface area contributed by atoms with Gasteiger partial charge >= 0.3 is 0 Å². The molecule has 2 amide bonds. The number of hydrogen-bond donors (Lipinski definition) is 3. The maximum atomic E-state index is 15.1. The van der Waals surface area contributed by atoms with Crippen molar-refractivity contribution in [3.05, 3.63) is 51.5 Å². The summed E-state index contributed by atoms with van der Waals surface area (Å²) in [5.74, 6) is -1.34. The smallest absolute Gasteiger partial charge is 0.227 e. The van der Waals surface area contributed by atoms with Crippen LogP contribution in [0, 0.1) is 11.8 Å². The van der Waals surface area contributed by atoms with Gasteiger partial charge < -0.3 is 20.6 Å².